The number of carbonyl (C=O) groups is 2. The summed E-state index contributed by atoms with van der Waals surface area (Å²) in [4.78, 5) is 24.9. The highest BCUT2D eigenvalue weighted by Crippen LogP contribution is 2.71. The first kappa shape index (κ1) is 10.1. The maximum absolute atomic E-state index is 12.3. The highest BCUT2D eigenvalue weighted by atomic mass is 16.4. The van der Waals surface area contributed by atoms with Crippen molar-refractivity contribution in [2.24, 2.45) is 11.3 Å². The second kappa shape index (κ2) is 2.99. The number of carboxylic acid groups (broad SMARTS) is 1. The maximum atomic E-state index is 12.3. The van der Waals surface area contributed by atoms with E-state index in [9.17, 15) is 9.59 Å². The first-order valence-corrected chi connectivity index (χ1v) is 6.10. The molecule has 3 fully saturated rings. The van der Waals surface area contributed by atoms with Gasteiger partial charge in [0.05, 0.1) is 0 Å². The fourth-order valence-corrected chi connectivity index (χ4v) is 2.75. The van der Waals surface area contributed by atoms with Crippen LogP contribution in [0.4, 0.5) is 0 Å². The zero-order chi connectivity index (χ0) is 11.5. The molecule has 0 heterocycles. The lowest BCUT2D eigenvalue weighted by molar-refractivity contribution is -0.150. The molecule has 2 atom stereocenters. The van der Waals surface area contributed by atoms with Crippen LogP contribution >= 0.6 is 0 Å². The standard InChI is InChI=1S/C12H17NO3/c1-7(11(15)16)13(8-2-3-8)10(14)9-6-12(9)4-5-12/h7-9H,2-6H2,1H3,(H,15,16). The van der Waals surface area contributed by atoms with Crippen LogP contribution in [0.1, 0.15) is 39.0 Å². The van der Waals surface area contributed by atoms with Gasteiger partial charge in [-0.15, -0.1) is 0 Å². The van der Waals surface area contributed by atoms with E-state index in [0.717, 1.165) is 19.3 Å². The summed E-state index contributed by atoms with van der Waals surface area (Å²) in [7, 11) is 0. The Balaban J connectivity index is 1.72. The smallest absolute Gasteiger partial charge is 0.326 e. The Kier molecular flexibility index (Phi) is 1.89. The van der Waals surface area contributed by atoms with Crippen LogP contribution in [-0.4, -0.2) is 34.0 Å². The van der Waals surface area contributed by atoms with Gasteiger partial charge in [0.25, 0.3) is 0 Å². The van der Waals surface area contributed by atoms with Gasteiger partial charge in [-0.1, -0.05) is 0 Å². The highest BCUT2D eigenvalue weighted by Gasteiger charge is 2.67. The van der Waals surface area contributed by atoms with E-state index in [1.165, 1.54) is 12.8 Å². The van der Waals surface area contributed by atoms with Gasteiger partial charge in [-0.05, 0) is 44.4 Å². The summed E-state index contributed by atoms with van der Waals surface area (Å²) in [5, 5.41) is 9.03. The molecule has 0 radical (unpaired) electrons. The summed E-state index contributed by atoms with van der Waals surface area (Å²) in [6, 6.07) is -0.452. The van der Waals surface area contributed by atoms with E-state index < -0.39 is 12.0 Å². The van der Waals surface area contributed by atoms with Crippen molar-refractivity contribution in [3.05, 3.63) is 0 Å². The fraction of sp³-hybridized carbons (Fsp3) is 0.833. The molecule has 1 N–H and O–H groups in total. The van der Waals surface area contributed by atoms with Gasteiger partial charge in [0.15, 0.2) is 0 Å². The second-order valence-corrected chi connectivity index (χ2v) is 5.61. The first-order valence-electron chi connectivity index (χ1n) is 6.10. The van der Waals surface area contributed by atoms with Crippen LogP contribution in [0, 0.1) is 11.3 Å². The van der Waals surface area contributed by atoms with E-state index in [-0.39, 0.29) is 17.9 Å². The molecule has 0 bridgehead atoms. The molecule has 3 aliphatic rings. The Morgan fingerprint density at radius 1 is 1.38 bits per heavy atom. The molecular weight excluding hydrogens is 206 g/mol. The van der Waals surface area contributed by atoms with E-state index in [1.54, 1.807) is 11.8 Å². The second-order valence-electron chi connectivity index (χ2n) is 5.61. The maximum Gasteiger partial charge on any atom is 0.326 e. The zero-order valence-corrected chi connectivity index (χ0v) is 9.48. The minimum Gasteiger partial charge on any atom is -0.480 e. The van der Waals surface area contributed by atoms with Crippen molar-refractivity contribution < 1.29 is 14.7 Å². The van der Waals surface area contributed by atoms with E-state index in [0.29, 0.717) is 5.41 Å². The third-order valence-corrected chi connectivity index (χ3v) is 4.35. The number of hydrogen-bond donors (Lipinski definition) is 1. The zero-order valence-electron chi connectivity index (χ0n) is 9.48. The molecule has 0 aromatic carbocycles. The van der Waals surface area contributed by atoms with E-state index in [4.69, 9.17) is 5.11 Å². The number of carboxylic acids is 1. The molecule has 0 saturated heterocycles. The van der Waals surface area contributed by atoms with Gasteiger partial charge in [0.2, 0.25) is 5.91 Å². The fourth-order valence-electron chi connectivity index (χ4n) is 2.75. The summed E-state index contributed by atoms with van der Waals surface area (Å²) in [6.07, 6.45) is 5.29. The summed E-state index contributed by atoms with van der Waals surface area (Å²) in [5.74, 6) is -0.629. The van der Waals surface area contributed by atoms with Crippen LogP contribution in [0.25, 0.3) is 0 Å². The number of hydrogen-bond acceptors (Lipinski definition) is 2. The topological polar surface area (TPSA) is 57.6 Å². The predicted octanol–water partition coefficient (Wildman–Crippen LogP) is 1.25. The molecule has 2 unspecified atom stereocenters. The molecule has 4 nitrogen and oxygen atoms in total. The minimum atomic E-state index is -0.884. The van der Waals surface area contributed by atoms with Crippen LogP contribution < -0.4 is 0 Å². The average Bonchev–Trinajstić information content (AvgIpc) is 3.04. The van der Waals surface area contributed by atoms with Crippen molar-refractivity contribution in [3.63, 3.8) is 0 Å². The largest absolute Gasteiger partial charge is 0.480 e. The van der Waals surface area contributed by atoms with Gasteiger partial charge < -0.3 is 10.0 Å². The molecule has 88 valence electrons. The van der Waals surface area contributed by atoms with Crippen molar-refractivity contribution in [3.8, 4) is 0 Å². The van der Waals surface area contributed by atoms with Crippen molar-refractivity contribution in [2.45, 2.75) is 51.1 Å². The number of nitrogens with zero attached hydrogens (tertiary/aromatic N) is 1. The normalized spacial score (nSPS) is 30.9. The Labute approximate surface area is 94.6 Å². The monoisotopic (exact) mass is 223 g/mol. The third kappa shape index (κ3) is 1.43. The SMILES string of the molecule is CC(C(=O)O)N(C(=O)C1CC12CC2)C1CC1. The molecule has 1 spiro atoms. The van der Waals surface area contributed by atoms with Gasteiger partial charge in [-0.25, -0.2) is 4.79 Å². The molecule has 3 rings (SSSR count). The Bertz CT molecular complexity index is 357. The average molecular weight is 223 g/mol. The minimum absolute atomic E-state index is 0.106. The van der Waals surface area contributed by atoms with Crippen molar-refractivity contribution in [2.75, 3.05) is 0 Å². The summed E-state index contributed by atoms with van der Waals surface area (Å²) in [6.45, 7) is 1.63. The number of aliphatic carboxylic acids is 1. The molecule has 0 aromatic heterocycles. The van der Waals surface area contributed by atoms with Gasteiger partial charge in [0, 0.05) is 12.0 Å². The van der Waals surface area contributed by atoms with Crippen LogP contribution in [0.2, 0.25) is 0 Å². The lowest BCUT2D eigenvalue weighted by Gasteiger charge is -2.26. The Morgan fingerprint density at radius 3 is 2.38 bits per heavy atom. The summed E-state index contributed by atoms with van der Waals surface area (Å²) < 4.78 is 0. The lowest BCUT2D eigenvalue weighted by Crippen LogP contribution is -2.45. The highest BCUT2D eigenvalue weighted by molar-refractivity contribution is 5.88. The van der Waals surface area contributed by atoms with Crippen molar-refractivity contribution >= 4 is 11.9 Å². The van der Waals surface area contributed by atoms with Crippen LogP contribution in [-0.2, 0) is 9.59 Å². The number of carbonyl (C=O) groups excluding carboxylic acids is 1. The van der Waals surface area contributed by atoms with Crippen LogP contribution in [0.15, 0.2) is 0 Å². The molecular formula is C12H17NO3. The third-order valence-electron chi connectivity index (χ3n) is 4.35. The summed E-state index contributed by atoms with van der Waals surface area (Å²) >= 11 is 0. The lowest BCUT2D eigenvalue weighted by atomic mass is 10.2. The van der Waals surface area contributed by atoms with Gasteiger partial charge in [-0.2, -0.15) is 0 Å². The summed E-state index contributed by atoms with van der Waals surface area (Å²) in [5.41, 5.74) is 0.322. The molecule has 3 aliphatic carbocycles. The van der Waals surface area contributed by atoms with Gasteiger partial charge >= 0.3 is 5.97 Å². The molecule has 1 amide bonds. The Hall–Kier alpha value is -1.06. The van der Waals surface area contributed by atoms with Gasteiger partial charge in [0.1, 0.15) is 6.04 Å². The van der Waals surface area contributed by atoms with Gasteiger partial charge in [-0.3, -0.25) is 4.79 Å². The van der Waals surface area contributed by atoms with Crippen molar-refractivity contribution in [1.29, 1.82) is 0 Å². The number of amides is 1. The Morgan fingerprint density at radius 2 is 2.00 bits per heavy atom. The molecule has 16 heavy (non-hydrogen) atoms. The van der Waals surface area contributed by atoms with Crippen molar-refractivity contribution in [1.82, 2.24) is 4.90 Å². The van der Waals surface area contributed by atoms with Crippen LogP contribution in [0.3, 0.4) is 0 Å². The predicted molar refractivity (Wildman–Crippen MR) is 56.7 cm³/mol. The quantitative estimate of drug-likeness (QED) is 0.780. The number of rotatable bonds is 4. The molecule has 0 aliphatic heterocycles. The van der Waals surface area contributed by atoms with E-state index >= 15 is 0 Å². The molecule has 3 saturated carbocycles. The van der Waals surface area contributed by atoms with Crippen LogP contribution in [0.5, 0.6) is 0 Å². The molecule has 0 aromatic rings. The first-order chi connectivity index (χ1) is 7.55. The molecule has 4 heteroatoms. The van der Waals surface area contributed by atoms with E-state index in [2.05, 4.69) is 0 Å². The van der Waals surface area contributed by atoms with E-state index in [1.807, 2.05) is 0 Å².